The number of aromatic nitrogens is 1. The molecule has 1 unspecified atom stereocenters. The summed E-state index contributed by atoms with van der Waals surface area (Å²) in [6, 6.07) is 1.97. The quantitative estimate of drug-likeness (QED) is 0.922. The zero-order valence-electron chi connectivity index (χ0n) is 11.1. The third-order valence-electron chi connectivity index (χ3n) is 3.38. The average molecular weight is 342 g/mol. The van der Waals surface area contributed by atoms with Crippen molar-refractivity contribution >= 4 is 38.4 Å². The van der Waals surface area contributed by atoms with Crippen LogP contribution in [-0.2, 0) is 9.84 Å². The highest BCUT2D eigenvalue weighted by molar-refractivity contribution is 7.91. The van der Waals surface area contributed by atoms with Crippen molar-refractivity contribution in [2.24, 2.45) is 5.92 Å². The van der Waals surface area contributed by atoms with Gasteiger partial charge in [0, 0.05) is 22.9 Å². The second-order valence-electron chi connectivity index (χ2n) is 5.03. The van der Waals surface area contributed by atoms with Crippen molar-refractivity contribution in [3.63, 3.8) is 0 Å². The lowest BCUT2D eigenvalue weighted by atomic mass is 10.1. The molecule has 3 heterocycles. The van der Waals surface area contributed by atoms with Gasteiger partial charge in [0.2, 0.25) is 0 Å². The lowest BCUT2D eigenvalue weighted by Crippen LogP contribution is -2.30. The standard InChI is InChI=1S/C13H14N2O3S3/c16-12(14-5-9-2-4-21(17,18)8-9)11-7-20-13(15-11)10-1-3-19-6-10/h1,3,6-7,9H,2,4-5,8H2,(H,14,16). The second kappa shape index (κ2) is 5.86. The zero-order chi connectivity index (χ0) is 14.9. The molecule has 112 valence electrons. The van der Waals surface area contributed by atoms with Gasteiger partial charge in [0.1, 0.15) is 10.7 Å². The summed E-state index contributed by atoms with van der Waals surface area (Å²) >= 11 is 3.02. The minimum atomic E-state index is -2.90. The Morgan fingerprint density at radius 2 is 2.29 bits per heavy atom. The molecule has 1 atom stereocenters. The van der Waals surface area contributed by atoms with Gasteiger partial charge in [-0.2, -0.15) is 11.3 Å². The van der Waals surface area contributed by atoms with E-state index in [0.29, 0.717) is 18.7 Å². The van der Waals surface area contributed by atoms with Crippen LogP contribution in [0.1, 0.15) is 16.9 Å². The number of rotatable bonds is 4. The molecule has 1 aliphatic rings. The lowest BCUT2D eigenvalue weighted by molar-refractivity contribution is 0.0944. The van der Waals surface area contributed by atoms with E-state index < -0.39 is 9.84 Å². The van der Waals surface area contributed by atoms with E-state index in [-0.39, 0.29) is 23.3 Å². The summed E-state index contributed by atoms with van der Waals surface area (Å²) in [6.45, 7) is 0.392. The molecular formula is C13H14N2O3S3. The number of carbonyl (C=O) groups excluding carboxylic acids is 1. The number of nitrogens with zero attached hydrogens (tertiary/aromatic N) is 1. The molecule has 0 spiro atoms. The number of thiazole rings is 1. The third-order valence-corrected chi connectivity index (χ3v) is 6.79. The van der Waals surface area contributed by atoms with Gasteiger partial charge in [-0.1, -0.05) is 0 Å². The van der Waals surface area contributed by atoms with Crippen molar-refractivity contribution in [1.29, 1.82) is 0 Å². The van der Waals surface area contributed by atoms with E-state index in [4.69, 9.17) is 0 Å². The SMILES string of the molecule is O=C(NCC1CCS(=O)(=O)C1)c1csc(-c2ccsc2)n1. The molecule has 1 amide bonds. The molecule has 0 radical (unpaired) electrons. The molecule has 0 saturated carbocycles. The van der Waals surface area contributed by atoms with Crippen molar-refractivity contribution in [3.05, 3.63) is 27.9 Å². The first-order valence-corrected chi connectivity index (χ1v) is 10.1. The molecule has 2 aromatic rings. The molecule has 2 aromatic heterocycles. The van der Waals surface area contributed by atoms with Crippen LogP contribution in [-0.4, -0.2) is 37.4 Å². The summed E-state index contributed by atoms with van der Waals surface area (Å²) in [5.74, 6) is 0.183. The Bertz CT molecular complexity index is 735. The van der Waals surface area contributed by atoms with Gasteiger partial charge in [-0.15, -0.1) is 11.3 Å². The van der Waals surface area contributed by atoms with E-state index >= 15 is 0 Å². The number of sulfone groups is 1. The minimum Gasteiger partial charge on any atom is -0.350 e. The number of thiophene rings is 1. The first-order chi connectivity index (χ1) is 10.0. The summed E-state index contributed by atoms with van der Waals surface area (Å²) in [4.78, 5) is 16.4. The minimum absolute atomic E-state index is 0.0222. The molecule has 1 fully saturated rings. The third kappa shape index (κ3) is 3.50. The van der Waals surface area contributed by atoms with Crippen LogP contribution in [0, 0.1) is 5.92 Å². The van der Waals surface area contributed by atoms with E-state index in [1.54, 1.807) is 16.7 Å². The monoisotopic (exact) mass is 342 g/mol. The molecule has 5 nitrogen and oxygen atoms in total. The highest BCUT2D eigenvalue weighted by Gasteiger charge is 2.28. The van der Waals surface area contributed by atoms with Crippen molar-refractivity contribution < 1.29 is 13.2 Å². The molecule has 3 rings (SSSR count). The fraction of sp³-hybridized carbons (Fsp3) is 0.385. The zero-order valence-corrected chi connectivity index (χ0v) is 13.6. The largest absolute Gasteiger partial charge is 0.350 e. The number of hydrogen-bond acceptors (Lipinski definition) is 6. The van der Waals surface area contributed by atoms with E-state index in [1.807, 2.05) is 16.8 Å². The van der Waals surface area contributed by atoms with Crippen molar-refractivity contribution in [2.45, 2.75) is 6.42 Å². The molecular weight excluding hydrogens is 328 g/mol. The Labute approximate surface area is 131 Å². The highest BCUT2D eigenvalue weighted by Crippen LogP contribution is 2.25. The van der Waals surface area contributed by atoms with Crippen LogP contribution in [0.25, 0.3) is 10.6 Å². The van der Waals surface area contributed by atoms with E-state index in [0.717, 1.165) is 10.6 Å². The molecule has 0 bridgehead atoms. The molecule has 21 heavy (non-hydrogen) atoms. The second-order valence-corrected chi connectivity index (χ2v) is 8.90. The Morgan fingerprint density at radius 3 is 2.95 bits per heavy atom. The summed E-state index contributed by atoms with van der Waals surface area (Å²) in [6.07, 6.45) is 0.625. The van der Waals surface area contributed by atoms with E-state index in [2.05, 4.69) is 10.3 Å². The predicted octanol–water partition coefficient (Wildman–Crippen LogP) is 2.04. The summed E-state index contributed by atoms with van der Waals surface area (Å²) in [5, 5.41) is 9.29. The summed E-state index contributed by atoms with van der Waals surface area (Å²) in [7, 11) is -2.90. The highest BCUT2D eigenvalue weighted by atomic mass is 32.2. The normalized spacial score (nSPS) is 20.5. The summed E-state index contributed by atoms with van der Waals surface area (Å²) in [5.41, 5.74) is 1.41. The lowest BCUT2D eigenvalue weighted by Gasteiger charge is -2.08. The van der Waals surface area contributed by atoms with Crippen LogP contribution in [0.5, 0.6) is 0 Å². The van der Waals surface area contributed by atoms with Gasteiger partial charge in [-0.05, 0) is 23.8 Å². The maximum atomic E-state index is 12.0. The molecule has 0 aromatic carbocycles. The molecule has 1 N–H and O–H groups in total. The number of hydrogen-bond donors (Lipinski definition) is 1. The first-order valence-electron chi connectivity index (χ1n) is 6.50. The molecule has 1 aliphatic heterocycles. The van der Waals surface area contributed by atoms with Gasteiger partial charge in [0.05, 0.1) is 11.5 Å². The fourth-order valence-corrected chi connectivity index (χ4v) is 5.63. The van der Waals surface area contributed by atoms with Crippen molar-refractivity contribution in [1.82, 2.24) is 10.3 Å². The number of carbonyl (C=O) groups is 1. The van der Waals surface area contributed by atoms with Gasteiger partial charge in [0.15, 0.2) is 9.84 Å². The van der Waals surface area contributed by atoms with Crippen molar-refractivity contribution in [2.75, 3.05) is 18.1 Å². The van der Waals surface area contributed by atoms with Gasteiger partial charge in [-0.25, -0.2) is 13.4 Å². The summed E-state index contributed by atoms with van der Waals surface area (Å²) < 4.78 is 22.7. The molecule has 0 aliphatic carbocycles. The molecule has 1 saturated heterocycles. The van der Waals surface area contributed by atoms with Crippen LogP contribution in [0.15, 0.2) is 22.2 Å². The first kappa shape index (κ1) is 14.7. The maximum Gasteiger partial charge on any atom is 0.270 e. The molecule has 8 heteroatoms. The Balaban J connectivity index is 1.59. The van der Waals surface area contributed by atoms with Gasteiger partial charge < -0.3 is 5.32 Å². The predicted molar refractivity (Wildman–Crippen MR) is 84.5 cm³/mol. The Kier molecular flexibility index (Phi) is 4.10. The van der Waals surface area contributed by atoms with Gasteiger partial charge in [0.25, 0.3) is 5.91 Å². The van der Waals surface area contributed by atoms with Crippen LogP contribution in [0.3, 0.4) is 0 Å². The van der Waals surface area contributed by atoms with E-state index in [9.17, 15) is 13.2 Å². The van der Waals surface area contributed by atoms with Crippen LogP contribution in [0.4, 0.5) is 0 Å². The van der Waals surface area contributed by atoms with Crippen molar-refractivity contribution in [3.8, 4) is 10.6 Å². The Morgan fingerprint density at radius 1 is 1.43 bits per heavy atom. The fourth-order valence-electron chi connectivity index (χ4n) is 2.26. The number of amides is 1. The average Bonchev–Trinajstić information content (AvgIpc) is 3.15. The van der Waals surface area contributed by atoms with Gasteiger partial charge in [-0.3, -0.25) is 4.79 Å². The number of nitrogens with one attached hydrogen (secondary N) is 1. The van der Waals surface area contributed by atoms with Crippen LogP contribution >= 0.6 is 22.7 Å². The maximum absolute atomic E-state index is 12.0. The van der Waals surface area contributed by atoms with E-state index in [1.165, 1.54) is 11.3 Å². The van der Waals surface area contributed by atoms with Crippen LogP contribution < -0.4 is 5.32 Å². The Hall–Kier alpha value is -1.25. The van der Waals surface area contributed by atoms with Crippen LogP contribution in [0.2, 0.25) is 0 Å². The van der Waals surface area contributed by atoms with Gasteiger partial charge >= 0.3 is 0 Å². The smallest absolute Gasteiger partial charge is 0.270 e. The topological polar surface area (TPSA) is 76.1 Å².